The van der Waals surface area contributed by atoms with Gasteiger partial charge >= 0.3 is 5.97 Å². The summed E-state index contributed by atoms with van der Waals surface area (Å²) in [5, 5.41) is 20.6. The van der Waals surface area contributed by atoms with Gasteiger partial charge in [0.2, 0.25) is 16.6 Å². The minimum absolute atomic E-state index is 0.0205. The molecule has 3 aliphatic heterocycles. The van der Waals surface area contributed by atoms with Crippen LogP contribution in [0.5, 0.6) is 11.5 Å². The summed E-state index contributed by atoms with van der Waals surface area (Å²) in [6.45, 7) is 3.81. The molecule has 0 radical (unpaired) electrons. The Labute approximate surface area is 496 Å². The molecule has 3 aliphatic rings. The largest absolute Gasteiger partial charge is 0.483 e. The Balaban J connectivity index is 0.000000165. The molecule has 0 spiro atoms. The van der Waals surface area contributed by atoms with Crippen LogP contribution < -0.4 is 37.1 Å². The first kappa shape index (κ1) is 61.5. The number of hydrogen-bond acceptors (Lipinski definition) is 19. The van der Waals surface area contributed by atoms with E-state index in [1.54, 1.807) is 42.0 Å². The Hall–Kier alpha value is -9.11. The zero-order valence-electron chi connectivity index (χ0n) is 45.7. The summed E-state index contributed by atoms with van der Waals surface area (Å²) in [6.07, 6.45) is 3.68. The Kier molecular flexibility index (Phi) is 20.8. The lowest BCUT2D eigenvalue weighted by molar-refractivity contribution is 0.0478. The average Bonchev–Trinajstić information content (AvgIpc) is 1.69. The molecule has 12 rings (SSSR count). The molecular formula is C61H54F4N8O11S2. The number of carbonyl (C=O) groups is 3. The maximum atomic E-state index is 14.2. The number of nitrogens with one attached hydrogen (secondary N) is 1. The van der Waals surface area contributed by atoms with Gasteiger partial charge in [-0.15, -0.1) is 20.4 Å². The summed E-state index contributed by atoms with van der Waals surface area (Å²) in [7, 11) is 0. The van der Waals surface area contributed by atoms with Gasteiger partial charge in [0, 0.05) is 48.8 Å². The summed E-state index contributed by atoms with van der Waals surface area (Å²) >= 11 is 2.17. The van der Waals surface area contributed by atoms with Gasteiger partial charge in [-0.1, -0.05) is 126 Å². The molecule has 0 saturated carbocycles. The van der Waals surface area contributed by atoms with Crippen LogP contribution in [0.1, 0.15) is 76.6 Å². The number of aromatic nitrogens is 5. The van der Waals surface area contributed by atoms with E-state index in [9.17, 15) is 41.5 Å². The van der Waals surface area contributed by atoms with E-state index >= 15 is 0 Å². The molecule has 4 aromatic heterocycles. The van der Waals surface area contributed by atoms with E-state index < -0.39 is 46.0 Å². The lowest BCUT2D eigenvalue weighted by atomic mass is 10.0. The van der Waals surface area contributed by atoms with E-state index in [1.807, 2.05) is 66.7 Å². The molecule has 7 heterocycles. The minimum Gasteiger partial charge on any atom is -0.483 e. The Morgan fingerprint density at radius 2 is 1.19 bits per heavy atom. The van der Waals surface area contributed by atoms with E-state index in [1.165, 1.54) is 18.2 Å². The third-order valence-electron chi connectivity index (χ3n) is 13.2. The van der Waals surface area contributed by atoms with Crippen LogP contribution >= 0.6 is 22.7 Å². The van der Waals surface area contributed by atoms with Crippen molar-refractivity contribution in [2.75, 3.05) is 33.0 Å². The normalized spacial score (nSPS) is 16.3. The second-order valence-electron chi connectivity index (χ2n) is 19.3. The molecule has 5 N–H and O–H groups in total. The number of ether oxygens (including phenoxy) is 5. The van der Waals surface area contributed by atoms with E-state index in [0.29, 0.717) is 41.5 Å². The summed E-state index contributed by atoms with van der Waals surface area (Å²) in [6, 6.07) is 33.8. The van der Waals surface area contributed by atoms with Crippen LogP contribution in [-0.4, -0.2) is 94.3 Å². The third-order valence-corrected chi connectivity index (χ3v) is 15.1. The smallest absolute Gasteiger partial charge is 0.378 e. The number of rotatable bonds is 15. The van der Waals surface area contributed by atoms with Crippen molar-refractivity contribution in [1.29, 1.82) is 0 Å². The highest BCUT2D eigenvalue weighted by Crippen LogP contribution is 2.34. The number of amides is 1. The highest BCUT2D eigenvalue weighted by Gasteiger charge is 2.40. The predicted molar refractivity (Wildman–Crippen MR) is 309 cm³/mol. The first-order valence-corrected chi connectivity index (χ1v) is 28.3. The predicted octanol–water partition coefficient (Wildman–Crippen LogP) is 8.45. The standard InChI is InChI=1S/C26H20F2N4O4S.C24H18F2N2O5S.C7H6O.C4H10N2O/c27-16-7-6-15(18(28)9-16)8-21-30-31-26(37-21)17-10-32-20-13-35-12-19(20)29-25(34)22(32)24(23(17)33)36-11-14-4-2-1-3-5-14;1-2-31-24(30)22-21(32-12-14-6-4-3-5-7-14)20(29)17(13-33-22)23-28-27-19(34-23)10-15-8-9-16(25)11-18(15)26;8-6-7-4-2-1-3-5-7;5-3-1-7-2-4(3)6/h1-7,9-10,19-20H,8,11-13H2,(H,29,34);3-9,11,13H,2,10,12H2,1H3;1-6H;3-4H,1-2,5-6H2/t19-,20?;;;3-,4-/m1..1/s1. The zero-order chi connectivity index (χ0) is 60.7. The molecule has 9 aromatic rings. The number of nitrogens with zero attached hydrogens (tertiary/aromatic N) is 5. The summed E-state index contributed by atoms with van der Waals surface area (Å²) in [5.74, 6) is -4.71. The lowest BCUT2D eigenvalue weighted by Gasteiger charge is -2.31. The fourth-order valence-electron chi connectivity index (χ4n) is 8.74. The van der Waals surface area contributed by atoms with Gasteiger partial charge in [-0.2, -0.15) is 0 Å². The Morgan fingerprint density at radius 1 is 0.674 bits per heavy atom. The highest BCUT2D eigenvalue weighted by molar-refractivity contribution is 7.15. The number of fused-ring (bicyclic) bond motifs is 3. The molecule has 19 nitrogen and oxygen atoms in total. The number of carbonyl (C=O) groups excluding carboxylic acids is 3. The number of nitrogens with two attached hydrogens (primary N) is 2. The van der Waals surface area contributed by atoms with Crippen LogP contribution in [0.2, 0.25) is 0 Å². The number of pyridine rings is 1. The van der Waals surface area contributed by atoms with Crippen molar-refractivity contribution in [3.63, 3.8) is 0 Å². The van der Waals surface area contributed by atoms with Crippen molar-refractivity contribution >= 4 is 40.8 Å². The fraction of sp³-hybridized carbons (Fsp3) is 0.230. The molecule has 86 heavy (non-hydrogen) atoms. The van der Waals surface area contributed by atoms with E-state index in [2.05, 4.69) is 25.7 Å². The van der Waals surface area contributed by atoms with Crippen molar-refractivity contribution in [1.82, 2.24) is 30.3 Å². The van der Waals surface area contributed by atoms with Crippen molar-refractivity contribution < 1.29 is 60.0 Å². The van der Waals surface area contributed by atoms with Gasteiger partial charge in [-0.25, -0.2) is 22.4 Å². The Bertz CT molecular complexity index is 3920. The number of aldehydes is 1. The topological polar surface area (TPSA) is 265 Å². The molecule has 0 aliphatic carbocycles. The molecule has 1 unspecified atom stereocenters. The molecule has 444 valence electrons. The number of benzene rings is 5. The van der Waals surface area contributed by atoms with E-state index in [0.717, 1.165) is 70.1 Å². The van der Waals surface area contributed by atoms with Gasteiger partial charge in [0.15, 0.2) is 21.5 Å². The van der Waals surface area contributed by atoms with Crippen LogP contribution in [-0.2, 0) is 40.3 Å². The SMILES string of the molecule is CCOC(=O)c1occ(-c2nnc(Cc3ccc(F)cc3F)s2)c(=O)c1OCc1ccccc1.N[C@@H]1COC[C@H]1N.O=C1N[C@@H]2COCC2n2cc(-c3nnc(Cc4ccc(F)cc4F)s3)c(=O)c(OCc3ccccc3)c21.O=Cc1ccccc1. The van der Waals surface area contributed by atoms with E-state index in [4.69, 9.17) is 39.6 Å². The van der Waals surface area contributed by atoms with Crippen LogP contribution in [0.4, 0.5) is 17.6 Å². The van der Waals surface area contributed by atoms with Crippen molar-refractivity contribution in [2.24, 2.45) is 11.5 Å². The molecule has 0 bridgehead atoms. The van der Waals surface area contributed by atoms with Crippen molar-refractivity contribution in [2.45, 2.75) is 57.1 Å². The molecule has 4 atom stereocenters. The summed E-state index contributed by atoms with van der Waals surface area (Å²) in [4.78, 5) is 62.2. The summed E-state index contributed by atoms with van der Waals surface area (Å²) < 4.78 is 88.8. The van der Waals surface area contributed by atoms with Gasteiger partial charge in [-0.05, 0) is 41.3 Å². The van der Waals surface area contributed by atoms with Crippen LogP contribution in [0.25, 0.3) is 21.1 Å². The minimum atomic E-state index is -0.834. The number of esters is 1. The number of halogens is 4. The van der Waals surface area contributed by atoms with Gasteiger partial charge < -0.3 is 49.5 Å². The van der Waals surface area contributed by atoms with Crippen LogP contribution in [0.15, 0.2) is 154 Å². The number of hydrogen-bond donors (Lipinski definition) is 3. The first-order valence-electron chi connectivity index (χ1n) is 26.6. The van der Waals surface area contributed by atoms with E-state index in [-0.39, 0.29) is 107 Å². The maximum Gasteiger partial charge on any atom is 0.378 e. The molecular weight excluding hydrogens is 1160 g/mol. The quantitative estimate of drug-likeness (QED) is 0.0494. The van der Waals surface area contributed by atoms with Gasteiger partial charge in [0.1, 0.15) is 59.0 Å². The monoisotopic (exact) mass is 1210 g/mol. The highest BCUT2D eigenvalue weighted by atomic mass is 32.1. The first-order chi connectivity index (χ1) is 41.7. The summed E-state index contributed by atoms with van der Waals surface area (Å²) in [5.41, 5.74) is 13.0. The molecule has 2 fully saturated rings. The lowest BCUT2D eigenvalue weighted by Crippen LogP contribution is -2.48. The van der Waals surface area contributed by atoms with Gasteiger partial charge in [0.05, 0.1) is 56.2 Å². The van der Waals surface area contributed by atoms with Crippen LogP contribution in [0.3, 0.4) is 0 Å². The second kappa shape index (κ2) is 29.1. The van der Waals surface area contributed by atoms with Crippen LogP contribution in [0, 0.1) is 23.3 Å². The van der Waals surface area contributed by atoms with Gasteiger partial charge in [-0.3, -0.25) is 19.2 Å². The zero-order valence-corrected chi connectivity index (χ0v) is 47.4. The average molecular weight is 1220 g/mol. The van der Waals surface area contributed by atoms with Gasteiger partial charge in [0.25, 0.3) is 11.7 Å². The van der Waals surface area contributed by atoms with Crippen molar-refractivity contribution in [3.05, 3.63) is 233 Å². The molecule has 25 heteroatoms. The maximum absolute atomic E-state index is 14.2. The Morgan fingerprint density at radius 3 is 1.69 bits per heavy atom. The molecule has 1 amide bonds. The van der Waals surface area contributed by atoms with Crippen molar-refractivity contribution in [3.8, 4) is 32.6 Å². The molecule has 5 aromatic carbocycles. The second-order valence-corrected chi connectivity index (χ2v) is 21.4. The fourth-order valence-corrected chi connectivity index (χ4v) is 10.5. The third kappa shape index (κ3) is 15.4. The molecule has 2 saturated heterocycles.